The van der Waals surface area contributed by atoms with Gasteiger partial charge < -0.3 is 16.2 Å². The third-order valence-electron chi connectivity index (χ3n) is 3.11. The topological polar surface area (TPSA) is 92.4 Å². The van der Waals surface area contributed by atoms with Crippen molar-refractivity contribution in [3.05, 3.63) is 35.9 Å². The first-order valence-electron chi connectivity index (χ1n) is 6.51. The van der Waals surface area contributed by atoms with Crippen LogP contribution >= 0.6 is 0 Å². The second-order valence-electron chi connectivity index (χ2n) is 4.71. The molecule has 108 valence electrons. The van der Waals surface area contributed by atoms with Crippen molar-refractivity contribution in [1.82, 2.24) is 5.32 Å². The molecule has 1 aromatic rings. The summed E-state index contributed by atoms with van der Waals surface area (Å²) in [7, 11) is 0. The van der Waals surface area contributed by atoms with Crippen molar-refractivity contribution >= 4 is 23.6 Å². The number of hydrogen-bond acceptors (Lipinski definition) is 3. The van der Waals surface area contributed by atoms with Crippen LogP contribution in [0.4, 0.5) is 5.69 Å². The standard InChI is InChI=1S/C15H20N2O3/c1-3-10(2)14(15(19)20)17-13(18)8-7-11-5-4-6-12(16)9-11/h4-10,14H,3,16H2,1-2H3,(H,17,18)(H,19,20)/b8-7+/t10-,14-/m0/s1. The Morgan fingerprint density at radius 3 is 2.70 bits per heavy atom. The summed E-state index contributed by atoms with van der Waals surface area (Å²) in [5, 5.41) is 11.6. The molecule has 20 heavy (non-hydrogen) atoms. The first-order valence-corrected chi connectivity index (χ1v) is 6.51. The molecule has 0 spiro atoms. The molecule has 0 saturated carbocycles. The maximum atomic E-state index is 11.7. The molecule has 0 bridgehead atoms. The lowest BCUT2D eigenvalue weighted by Gasteiger charge is -2.19. The molecule has 1 aromatic carbocycles. The molecule has 0 aliphatic heterocycles. The van der Waals surface area contributed by atoms with Crippen molar-refractivity contribution in [3.63, 3.8) is 0 Å². The first-order chi connectivity index (χ1) is 9.43. The monoisotopic (exact) mass is 276 g/mol. The van der Waals surface area contributed by atoms with Crippen LogP contribution in [-0.4, -0.2) is 23.0 Å². The van der Waals surface area contributed by atoms with Crippen LogP contribution in [0.25, 0.3) is 6.08 Å². The van der Waals surface area contributed by atoms with Crippen molar-refractivity contribution in [3.8, 4) is 0 Å². The molecule has 5 nitrogen and oxygen atoms in total. The molecule has 0 radical (unpaired) electrons. The van der Waals surface area contributed by atoms with E-state index in [-0.39, 0.29) is 5.92 Å². The number of rotatable bonds is 6. The minimum Gasteiger partial charge on any atom is -0.480 e. The summed E-state index contributed by atoms with van der Waals surface area (Å²) < 4.78 is 0. The Morgan fingerprint density at radius 1 is 1.45 bits per heavy atom. The molecular formula is C15H20N2O3. The van der Waals surface area contributed by atoms with Crippen LogP contribution in [0.15, 0.2) is 30.3 Å². The van der Waals surface area contributed by atoms with E-state index in [0.717, 1.165) is 5.56 Å². The van der Waals surface area contributed by atoms with Gasteiger partial charge in [-0.25, -0.2) is 4.79 Å². The third kappa shape index (κ3) is 4.76. The van der Waals surface area contributed by atoms with E-state index < -0.39 is 17.9 Å². The summed E-state index contributed by atoms with van der Waals surface area (Å²) in [5.41, 5.74) is 7.03. The Morgan fingerprint density at radius 2 is 2.15 bits per heavy atom. The van der Waals surface area contributed by atoms with E-state index in [4.69, 9.17) is 10.8 Å². The van der Waals surface area contributed by atoms with E-state index >= 15 is 0 Å². The third-order valence-corrected chi connectivity index (χ3v) is 3.11. The number of carboxylic acids is 1. The van der Waals surface area contributed by atoms with Crippen LogP contribution in [0.1, 0.15) is 25.8 Å². The molecule has 0 aliphatic rings. The molecule has 0 heterocycles. The molecule has 2 atom stereocenters. The lowest BCUT2D eigenvalue weighted by molar-refractivity contribution is -0.142. The zero-order chi connectivity index (χ0) is 15.1. The second-order valence-corrected chi connectivity index (χ2v) is 4.71. The number of carbonyl (C=O) groups excluding carboxylic acids is 1. The average Bonchev–Trinajstić information content (AvgIpc) is 2.41. The summed E-state index contributed by atoms with van der Waals surface area (Å²) >= 11 is 0. The van der Waals surface area contributed by atoms with Crippen molar-refractivity contribution in [2.75, 3.05) is 5.73 Å². The number of anilines is 1. The lowest BCUT2D eigenvalue weighted by atomic mass is 9.99. The largest absolute Gasteiger partial charge is 0.480 e. The van der Waals surface area contributed by atoms with E-state index in [1.54, 1.807) is 31.2 Å². The van der Waals surface area contributed by atoms with Crippen LogP contribution in [0.3, 0.4) is 0 Å². The van der Waals surface area contributed by atoms with Crippen LogP contribution in [0.2, 0.25) is 0 Å². The average molecular weight is 276 g/mol. The molecular weight excluding hydrogens is 256 g/mol. The second kappa shape index (κ2) is 7.33. The zero-order valence-corrected chi connectivity index (χ0v) is 11.7. The maximum Gasteiger partial charge on any atom is 0.326 e. The van der Waals surface area contributed by atoms with Crippen LogP contribution < -0.4 is 11.1 Å². The predicted octanol–water partition coefficient (Wildman–Crippen LogP) is 1.90. The SMILES string of the molecule is CC[C@H](C)[C@H](NC(=O)/C=C/c1cccc(N)c1)C(=O)O. The minimum atomic E-state index is -1.02. The van der Waals surface area contributed by atoms with E-state index in [0.29, 0.717) is 12.1 Å². The van der Waals surface area contributed by atoms with Gasteiger partial charge in [0, 0.05) is 11.8 Å². The normalized spacial score (nSPS) is 13.9. The molecule has 0 aliphatic carbocycles. The molecule has 5 heteroatoms. The number of benzene rings is 1. The fourth-order valence-electron chi connectivity index (χ4n) is 1.72. The van der Waals surface area contributed by atoms with Crippen LogP contribution in [0, 0.1) is 5.92 Å². The van der Waals surface area contributed by atoms with Gasteiger partial charge in [0.05, 0.1) is 0 Å². The number of aliphatic carboxylic acids is 1. The number of nitrogens with one attached hydrogen (secondary N) is 1. The van der Waals surface area contributed by atoms with E-state index in [1.165, 1.54) is 6.08 Å². The Bertz CT molecular complexity index is 512. The lowest BCUT2D eigenvalue weighted by Crippen LogP contribution is -2.44. The number of nitrogen functional groups attached to an aromatic ring is 1. The summed E-state index contributed by atoms with van der Waals surface area (Å²) in [6.45, 7) is 3.68. The number of nitrogens with two attached hydrogens (primary N) is 1. The van der Waals surface area contributed by atoms with Crippen LogP contribution in [0.5, 0.6) is 0 Å². The van der Waals surface area contributed by atoms with Crippen molar-refractivity contribution < 1.29 is 14.7 Å². The van der Waals surface area contributed by atoms with Gasteiger partial charge in [-0.3, -0.25) is 4.79 Å². The molecule has 4 N–H and O–H groups in total. The Labute approximate surface area is 118 Å². The summed E-state index contributed by atoms with van der Waals surface area (Å²) in [4.78, 5) is 22.8. The van der Waals surface area contributed by atoms with Gasteiger partial charge in [-0.15, -0.1) is 0 Å². The highest BCUT2D eigenvalue weighted by molar-refractivity contribution is 5.94. The zero-order valence-electron chi connectivity index (χ0n) is 11.7. The quantitative estimate of drug-likeness (QED) is 0.546. The van der Waals surface area contributed by atoms with Crippen LogP contribution in [-0.2, 0) is 9.59 Å². The Kier molecular flexibility index (Phi) is 5.77. The summed E-state index contributed by atoms with van der Waals surface area (Å²) in [5.74, 6) is -1.58. The van der Waals surface area contributed by atoms with Gasteiger partial charge in [-0.1, -0.05) is 32.4 Å². The van der Waals surface area contributed by atoms with Gasteiger partial charge in [-0.05, 0) is 29.7 Å². The first kappa shape index (κ1) is 15.8. The summed E-state index contributed by atoms with van der Waals surface area (Å²) in [6.07, 6.45) is 3.59. The summed E-state index contributed by atoms with van der Waals surface area (Å²) in [6, 6.07) is 6.20. The van der Waals surface area contributed by atoms with E-state index in [9.17, 15) is 9.59 Å². The number of carboxylic acid groups (broad SMARTS) is 1. The highest BCUT2D eigenvalue weighted by atomic mass is 16.4. The molecule has 0 aromatic heterocycles. The van der Waals surface area contributed by atoms with Gasteiger partial charge >= 0.3 is 5.97 Å². The molecule has 1 amide bonds. The molecule has 1 rings (SSSR count). The highest BCUT2D eigenvalue weighted by Gasteiger charge is 2.24. The van der Waals surface area contributed by atoms with Gasteiger partial charge in [-0.2, -0.15) is 0 Å². The number of amides is 1. The number of hydrogen-bond donors (Lipinski definition) is 3. The predicted molar refractivity (Wildman–Crippen MR) is 78.9 cm³/mol. The minimum absolute atomic E-state index is 0.128. The van der Waals surface area contributed by atoms with Gasteiger partial charge in [0.15, 0.2) is 0 Å². The highest BCUT2D eigenvalue weighted by Crippen LogP contribution is 2.09. The fraction of sp³-hybridized carbons (Fsp3) is 0.333. The Balaban J connectivity index is 2.68. The van der Waals surface area contributed by atoms with Gasteiger partial charge in [0.2, 0.25) is 5.91 Å². The fourth-order valence-corrected chi connectivity index (χ4v) is 1.72. The van der Waals surface area contributed by atoms with Gasteiger partial charge in [0.1, 0.15) is 6.04 Å². The molecule has 0 saturated heterocycles. The van der Waals surface area contributed by atoms with E-state index in [1.807, 2.05) is 13.0 Å². The van der Waals surface area contributed by atoms with E-state index in [2.05, 4.69) is 5.32 Å². The molecule has 0 fully saturated rings. The van der Waals surface area contributed by atoms with Gasteiger partial charge in [0.25, 0.3) is 0 Å². The molecule has 0 unspecified atom stereocenters. The van der Waals surface area contributed by atoms with Crippen molar-refractivity contribution in [1.29, 1.82) is 0 Å². The Hall–Kier alpha value is -2.30. The smallest absolute Gasteiger partial charge is 0.326 e. The number of carbonyl (C=O) groups is 2. The maximum absolute atomic E-state index is 11.7. The van der Waals surface area contributed by atoms with Crippen molar-refractivity contribution in [2.45, 2.75) is 26.3 Å². The van der Waals surface area contributed by atoms with Crippen molar-refractivity contribution in [2.24, 2.45) is 5.92 Å².